The predicted molar refractivity (Wildman–Crippen MR) is 88.8 cm³/mol. The summed E-state index contributed by atoms with van der Waals surface area (Å²) in [5.41, 5.74) is 4.38. The molecule has 8 nitrogen and oxygen atoms in total. The second kappa shape index (κ2) is 8.13. The van der Waals surface area contributed by atoms with Crippen LogP contribution in [0.15, 0.2) is 12.2 Å². The van der Waals surface area contributed by atoms with Gasteiger partial charge in [-0.1, -0.05) is 26.0 Å². The van der Waals surface area contributed by atoms with Gasteiger partial charge < -0.3 is 4.74 Å². The van der Waals surface area contributed by atoms with Crippen molar-refractivity contribution in [1.29, 1.82) is 0 Å². The first-order chi connectivity index (χ1) is 11.9. The van der Waals surface area contributed by atoms with Crippen molar-refractivity contribution in [2.45, 2.75) is 46.1 Å². The van der Waals surface area contributed by atoms with E-state index in [-0.39, 0.29) is 24.3 Å². The maximum atomic E-state index is 12.7. The van der Waals surface area contributed by atoms with Gasteiger partial charge in [0.05, 0.1) is 18.4 Å². The van der Waals surface area contributed by atoms with Crippen LogP contribution in [0.3, 0.4) is 0 Å². The van der Waals surface area contributed by atoms with Crippen molar-refractivity contribution in [3.05, 3.63) is 12.2 Å². The number of ether oxygens (including phenoxy) is 1. The lowest BCUT2D eigenvalue weighted by molar-refractivity contribution is -0.148. The van der Waals surface area contributed by atoms with E-state index in [4.69, 9.17) is 0 Å². The van der Waals surface area contributed by atoms with Crippen molar-refractivity contribution in [3.63, 3.8) is 0 Å². The van der Waals surface area contributed by atoms with Crippen molar-refractivity contribution in [2.24, 2.45) is 17.8 Å². The van der Waals surface area contributed by atoms with Crippen LogP contribution in [0.25, 0.3) is 0 Å². The first-order valence-electron chi connectivity index (χ1n) is 8.61. The Morgan fingerprint density at radius 3 is 2.20 bits per heavy atom. The molecule has 0 spiro atoms. The van der Waals surface area contributed by atoms with Gasteiger partial charge in [0.1, 0.15) is 6.04 Å². The number of carbonyl (C=O) groups is 4. The van der Waals surface area contributed by atoms with Gasteiger partial charge in [-0.25, -0.2) is 10.2 Å². The van der Waals surface area contributed by atoms with E-state index in [0.717, 1.165) is 4.90 Å². The summed E-state index contributed by atoms with van der Waals surface area (Å²) in [5.74, 6) is -1.92. The lowest BCUT2D eigenvalue weighted by Crippen LogP contribution is -2.54. The summed E-state index contributed by atoms with van der Waals surface area (Å²) in [4.78, 5) is 50.4. The molecule has 2 N–H and O–H groups in total. The zero-order valence-corrected chi connectivity index (χ0v) is 14.8. The molecular formula is C17H25N3O5. The standard InChI is InChI=1S/C17H25N3O5/c1-4-25-17(24)19-18-14(21)13(9-10(2)3)20-15(22)11-7-5-6-8-12(11)16(20)23/h5-6,10-13H,4,7-9H2,1-3H3,(H,18,21)(H,19,24). The molecule has 4 amide bonds. The minimum absolute atomic E-state index is 0.0831. The van der Waals surface area contributed by atoms with Crippen LogP contribution >= 0.6 is 0 Å². The van der Waals surface area contributed by atoms with Gasteiger partial charge in [0, 0.05) is 0 Å². The summed E-state index contributed by atoms with van der Waals surface area (Å²) < 4.78 is 4.68. The van der Waals surface area contributed by atoms with Crippen LogP contribution in [0.1, 0.15) is 40.0 Å². The normalized spacial score (nSPS) is 23.4. The summed E-state index contributed by atoms with van der Waals surface area (Å²) in [6.07, 6.45) is 4.36. The Kier molecular flexibility index (Phi) is 6.17. The first-order valence-corrected chi connectivity index (χ1v) is 8.61. The van der Waals surface area contributed by atoms with Gasteiger partial charge in [-0.05, 0) is 32.1 Å². The molecule has 0 radical (unpaired) electrons. The molecule has 138 valence electrons. The lowest BCUT2D eigenvalue weighted by atomic mass is 9.85. The van der Waals surface area contributed by atoms with Crippen LogP contribution in [0.5, 0.6) is 0 Å². The smallest absolute Gasteiger partial charge is 0.426 e. The molecule has 3 unspecified atom stereocenters. The van der Waals surface area contributed by atoms with Crippen molar-refractivity contribution < 1.29 is 23.9 Å². The fourth-order valence-electron chi connectivity index (χ4n) is 3.27. The number of allylic oxidation sites excluding steroid dienone is 2. The average molecular weight is 351 g/mol. The van der Waals surface area contributed by atoms with Crippen LogP contribution in [0.4, 0.5) is 4.79 Å². The Bertz CT molecular complexity index is 561. The van der Waals surface area contributed by atoms with E-state index in [1.165, 1.54) is 0 Å². The number of carbonyl (C=O) groups excluding carboxylic acids is 4. The second-order valence-electron chi connectivity index (χ2n) is 6.68. The molecule has 2 rings (SSSR count). The monoisotopic (exact) mass is 351 g/mol. The maximum Gasteiger partial charge on any atom is 0.426 e. The van der Waals surface area contributed by atoms with E-state index in [1.54, 1.807) is 6.92 Å². The molecule has 2 aliphatic rings. The van der Waals surface area contributed by atoms with Crippen LogP contribution in [0.2, 0.25) is 0 Å². The van der Waals surface area contributed by atoms with Crippen molar-refractivity contribution >= 4 is 23.8 Å². The number of hydrogen-bond donors (Lipinski definition) is 2. The van der Waals surface area contributed by atoms with E-state index in [0.29, 0.717) is 19.3 Å². The van der Waals surface area contributed by atoms with Crippen LogP contribution in [-0.4, -0.2) is 41.4 Å². The molecule has 3 atom stereocenters. The molecule has 0 saturated carbocycles. The number of hydrazine groups is 1. The van der Waals surface area contributed by atoms with E-state index in [9.17, 15) is 19.2 Å². The van der Waals surface area contributed by atoms with E-state index < -0.39 is 29.9 Å². The third kappa shape index (κ3) is 4.18. The fourth-order valence-corrected chi connectivity index (χ4v) is 3.27. The van der Waals surface area contributed by atoms with E-state index in [1.807, 2.05) is 26.0 Å². The summed E-state index contributed by atoms with van der Waals surface area (Å²) in [6, 6.07) is -0.951. The van der Waals surface area contributed by atoms with Crippen LogP contribution in [0, 0.1) is 17.8 Å². The number of fused-ring (bicyclic) bond motifs is 1. The van der Waals surface area contributed by atoms with Crippen molar-refractivity contribution in [3.8, 4) is 0 Å². The fraction of sp³-hybridized carbons (Fsp3) is 0.647. The lowest BCUT2D eigenvalue weighted by Gasteiger charge is -2.27. The number of amides is 4. The first kappa shape index (κ1) is 19.0. The molecule has 1 fully saturated rings. The Balaban J connectivity index is 2.13. The van der Waals surface area contributed by atoms with Gasteiger partial charge in [-0.3, -0.25) is 24.7 Å². The van der Waals surface area contributed by atoms with Crippen molar-refractivity contribution in [2.75, 3.05) is 6.61 Å². The summed E-state index contributed by atoms with van der Waals surface area (Å²) in [6.45, 7) is 5.61. The van der Waals surface area contributed by atoms with Gasteiger partial charge in [0.25, 0.3) is 5.91 Å². The number of likely N-dealkylation sites (tertiary alicyclic amines) is 1. The Labute approximate surface area is 146 Å². The number of nitrogens with zero attached hydrogens (tertiary/aromatic N) is 1. The SMILES string of the molecule is CCOC(=O)NNC(=O)C(CC(C)C)N1C(=O)C2CC=CCC2C1=O. The highest BCUT2D eigenvalue weighted by Crippen LogP contribution is 2.36. The number of hydrogen-bond acceptors (Lipinski definition) is 5. The zero-order valence-electron chi connectivity index (χ0n) is 14.8. The minimum atomic E-state index is -0.951. The summed E-state index contributed by atoms with van der Waals surface area (Å²) >= 11 is 0. The third-order valence-corrected chi connectivity index (χ3v) is 4.41. The quantitative estimate of drug-likeness (QED) is 0.439. The highest BCUT2D eigenvalue weighted by atomic mass is 16.6. The van der Waals surface area contributed by atoms with E-state index in [2.05, 4.69) is 15.6 Å². The molecule has 1 aliphatic carbocycles. The molecule has 1 saturated heterocycles. The zero-order chi connectivity index (χ0) is 18.6. The molecule has 0 aromatic heterocycles. The largest absolute Gasteiger partial charge is 0.449 e. The number of rotatable bonds is 5. The Morgan fingerprint density at radius 2 is 1.72 bits per heavy atom. The molecule has 25 heavy (non-hydrogen) atoms. The van der Waals surface area contributed by atoms with Gasteiger partial charge in [0.15, 0.2) is 0 Å². The highest BCUT2D eigenvalue weighted by molar-refractivity contribution is 6.08. The molecule has 1 heterocycles. The topological polar surface area (TPSA) is 105 Å². The molecule has 1 aliphatic heterocycles. The number of nitrogens with one attached hydrogen (secondary N) is 2. The summed E-state index contributed by atoms with van der Waals surface area (Å²) in [5, 5.41) is 0. The average Bonchev–Trinajstić information content (AvgIpc) is 2.82. The minimum Gasteiger partial charge on any atom is -0.449 e. The molecule has 0 bridgehead atoms. The van der Waals surface area contributed by atoms with E-state index >= 15 is 0 Å². The van der Waals surface area contributed by atoms with Gasteiger partial charge in [0.2, 0.25) is 11.8 Å². The van der Waals surface area contributed by atoms with Gasteiger partial charge >= 0.3 is 6.09 Å². The Morgan fingerprint density at radius 1 is 1.16 bits per heavy atom. The van der Waals surface area contributed by atoms with Crippen LogP contribution < -0.4 is 10.9 Å². The van der Waals surface area contributed by atoms with Gasteiger partial charge in [-0.15, -0.1) is 0 Å². The predicted octanol–water partition coefficient (Wildman–Crippen LogP) is 1.13. The number of imide groups is 1. The Hall–Kier alpha value is -2.38. The van der Waals surface area contributed by atoms with Gasteiger partial charge in [-0.2, -0.15) is 0 Å². The molecule has 0 aromatic carbocycles. The molecule has 8 heteroatoms. The van der Waals surface area contributed by atoms with Crippen LogP contribution in [-0.2, 0) is 19.1 Å². The third-order valence-electron chi connectivity index (χ3n) is 4.41. The second-order valence-corrected chi connectivity index (χ2v) is 6.68. The molecular weight excluding hydrogens is 326 g/mol. The van der Waals surface area contributed by atoms with Crippen molar-refractivity contribution in [1.82, 2.24) is 15.8 Å². The molecule has 0 aromatic rings. The maximum absolute atomic E-state index is 12.7. The summed E-state index contributed by atoms with van der Waals surface area (Å²) in [7, 11) is 0. The highest BCUT2D eigenvalue weighted by Gasteiger charge is 2.51.